The molecule has 0 aliphatic carbocycles. The summed E-state index contributed by atoms with van der Waals surface area (Å²) in [6.45, 7) is 2.16. The third-order valence-corrected chi connectivity index (χ3v) is 5.84. The number of carbonyl (C=O) groups excluding carboxylic acids is 1. The second-order valence-electron chi connectivity index (χ2n) is 8.17. The minimum absolute atomic E-state index is 0.0635. The lowest BCUT2D eigenvalue weighted by Crippen LogP contribution is -2.31. The number of nitrogens with zero attached hydrogens (tertiary/aromatic N) is 4. The van der Waals surface area contributed by atoms with Gasteiger partial charge in [0.2, 0.25) is 0 Å². The SMILES string of the molecule is CC(=O)On1c(=O)c(-c2cn(CCCN)c3cc([N+](=O)[O-])ccc23)nc2cc3ccccc3cc21. The molecule has 10 heteroatoms. The van der Waals surface area contributed by atoms with Crippen LogP contribution in [0.2, 0.25) is 0 Å². The first-order valence-corrected chi connectivity index (χ1v) is 11.0. The van der Waals surface area contributed by atoms with Gasteiger partial charge in [0, 0.05) is 42.7 Å². The van der Waals surface area contributed by atoms with Crippen LogP contribution in [0.4, 0.5) is 5.69 Å². The summed E-state index contributed by atoms with van der Waals surface area (Å²) in [5, 5.41) is 13.8. The molecule has 0 aliphatic rings. The van der Waals surface area contributed by atoms with E-state index in [2.05, 4.69) is 4.98 Å². The molecule has 3 aromatic carbocycles. The average molecular weight is 471 g/mol. The number of nitro benzene ring substituents is 1. The first-order chi connectivity index (χ1) is 16.9. The van der Waals surface area contributed by atoms with Crippen LogP contribution in [0.1, 0.15) is 13.3 Å². The third-order valence-electron chi connectivity index (χ3n) is 5.84. The van der Waals surface area contributed by atoms with Crippen LogP contribution >= 0.6 is 0 Å². The third kappa shape index (κ3) is 3.89. The maximum Gasteiger partial charge on any atom is 0.330 e. The second kappa shape index (κ2) is 8.65. The fourth-order valence-electron chi connectivity index (χ4n) is 4.27. The van der Waals surface area contributed by atoms with Crippen LogP contribution in [0.25, 0.3) is 44.0 Å². The Hall–Kier alpha value is -4.57. The number of benzene rings is 3. The topological polar surface area (TPSA) is 135 Å². The Balaban J connectivity index is 1.83. The van der Waals surface area contributed by atoms with Gasteiger partial charge in [-0.15, -0.1) is 4.73 Å². The molecule has 0 bridgehead atoms. The minimum atomic E-state index is -0.653. The molecule has 0 saturated heterocycles. The summed E-state index contributed by atoms with van der Waals surface area (Å²) in [6.07, 6.45) is 2.37. The van der Waals surface area contributed by atoms with E-state index in [0.717, 1.165) is 15.5 Å². The van der Waals surface area contributed by atoms with Gasteiger partial charge in [-0.25, -0.2) is 9.78 Å². The number of hydrogen-bond donors (Lipinski definition) is 1. The lowest BCUT2D eigenvalue weighted by molar-refractivity contribution is -0.384. The van der Waals surface area contributed by atoms with E-state index in [1.807, 2.05) is 34.9 Å². The Morgan fingerprint density at radius 3 is 2.54 bits per heavy atom. The monoisotopic (exact) mass is 471 g/mol. The van der Waals surface area contributed by atoms with E-state index in [0.29, 0.717) is 47.0 Å². The Kier molecular flexibility index (Phi) is 5.50. The maximum absolute atomic E-state index is 13.6. The van der Waals surface area contributed by atoms with Crippen LogP contribution in [0.5, 0.6) is 0 Å². The predicted molar refractivity (Wildman–Crippen MR) is 132 cm³/mol. The molecule has 0 fully saturated rings. The molecule has 5 aromatic rings. The normalized spacial score (nSPS) is 11.4. The highest BCUT2D eigenvalue weighted by Crippen LogP contribution is 2.32. The summed E-state index contributed by atoms with van der Waals surface area (Å²) in [6, 6.07) is 15.6. The molecule has 0 amide bonds. The van der Waals surface area contributed by atoms with E-state index in [9.17, 15) is 19.7 Å². The van der Waals surface area contributed by atoms with Crippen molar-refractivity contribution in [3.8, 4) is 11.3 Å². The van der Waals surface area contributed by atoms with Crippen LogP contribution in [0, 0.1) is 10.1 Å². The number of carbonyl (C=O) groups is 1. The largest absolute Gasteiger partial charge is 0.347 e. The van der Waals surface area contributed by atoms with Crippen molar-refractivity contribution < 1.29 is 14.6 Å². The van der Waals surface area contributed by atoms with Gasteiger partial charge in [0.25, 0.3) is 5.69 Å². The average Bonchev–Trinajstić information content (AvgIpc) is 3.20. The van der Waals surface area contributed by atoms with Crippen molar-refractivity contribution in [2.24, 2.45) is 5.73 Å². The van der Waals surface area contributed by atoms with Gasteiger partial charge in [-0.3, -0.25) is 14.9 Å². The van der Waals surface area contributed by atoms with Crippen LogP contribution < -0.4 is 16.1 Å². The molecule has 176 valence electrons. The van der Waals surface area contributed by atoms with Crippen molar-refractivity contribution in [3.63, 3.8) is 0 Å². The zero-order chi connectivity index (χ0) is 24.7. The number of non-ortho nitro benzene ring substituents is 1. The van der Waals surface area contributed by atoms with Crippen molar-refractivity contribution in [1.82, 2.24) is 14.3 Å². The molecule has 0 atom stereocenters. The summed E-state index contributed by atoms with van der Waals surface area (Å²) < 4.78 is 2.79. The number of aryl methyl sites for hydroxylation is 1. The van der Waals surface area contributed by atoms with E-state index in [1.165, 1.54) is 19.1 Å². The molecule has 2 heterocycles. The summed E-state index contributed by atoms with van der Waals surface area (Å²) in [5.41, 5.74) is 6.96. The van der Waals surface area contributed by atoms with Crippen molar-refractivity contribution in [2.45, 2.75) is 19.9 Å². The quantitative estimate of drug-likeness (QED) is 0.228. The minimum Gasteiger partial charge on any atom is -0.347 e. The predicted octanol–water partition coefficient (Wildman–Crippen LogP) is 3.40. The van der Waals surface area contributed by atoms with Crippen molar-refractivity contribution in [2.75, 3.05) is 6.54 Å². The molecule has 10 nitrogen and oxygen atoms in total. The van der Waals surface area contributed by atoms with Crippen LogP contribution in [0.3, 0.4) is 0 Å². The molecule has 0 aliphatic heterocycles. The summed E-state index contributed by atoms with van der Waals surface area (Å²) >= 11 is 0. The molecule has 0 radical (unpaired) electrons. The van der Waals surface area contributed by atoms with Crippen molar-refractivity contribution in [3.05, 3.63) is 81.3 Å². The summed E-state index contributed by atoms with van der Waals surface area (Å²) in [4.78, 5) is 46.3. The van der Waals surface area contributed by atoms with Crippen LogP contribution in [-0.4, -0.2) is 31.7 Å². The number of nitro groups is 1. The van der Waals surface area contributed by atoms with Gasteiger partial charge >= 0.3 is 11.5 Å². The number of nitrogens with two attached hydrogens (primary N) is 1. The lowest BCUT2D eigenvalue weighted by Gasteiger charge is -2.11. The molecule has 0 spiro atoms. The molecule has 2 aromatic heterocycles. The highest BCUT2D eigenvalue weighted by Gasteiger charge is 2.21. The Morgan fingerprint density at radius 2 is 1.86 bits per heavy atom. The molecular formula is C25H21N5O5. The first kappa shape index (κ1) is 22.2. The van der Waals surface area contributed by atoms with E-state index in [4.69, 9.17) is 10.6 Å². The summed E-state index contributed by atoms with van der Waals surface area (Å²) in [7, 11) is 0. The van der Waals surface area contributed by atoms with Crippen LogP contribution in [0.15, 0.2) is 65.6 Å². The first-order valence-electron chi connectivity index (χ1n) is 11.0. The summed E-state index contributed by atoms with van der Waals surface area (Å²) in [5.74, 6) is -0.653. The van der Waals surface area contributed by atoms with Crippen molar-refractivity contribution in [1.29, 1.82) is 0 Å². The van der Waals surface area contributed by atoms with Gasteiger partial charge in [0.1, 0.15) is 11.2 Å². The highest BCUT2D eigenvalue weighted by molar-refractivity contribution is 5.99. The Bertz CT molecular complexity index is 1700. The van der Waals surface area contributed by atoms with Gasteiger partial charge in [0.05, 0.1) is 16.0 Å². The Labute approximate surface area is 198 Å². The molecular weight excluding hydrogens is 450 g/mol. The smallest absolute Gasteiger partial charge is 0.330 e. The van der Waals surface area contributed by atoms with Crippen molar-refractivity contribution >= 4 is 44.4 Å². The lowest BCUT2D eigenvalue weighted by atomic mass is 10.1. The number of rotatable bonds is 6. The van der Waals surface area contributed by atoms with E-state index in [-0.39, 0.29) is 11.4 Å². The number of fused-ring (bicyclic) bond motifs is 3. The van der Waals surface area contributed by atoms with E-state index >= 15 is 0 Å². The fourth-order valence-corrected chi connectivity index (χ4v) is 4.27. The fraction of sp³-hybridized carbons (Fsp3) is 0.160. The molecule has 5 rings (SSSR count). The zero-order valence-corrected chi connectivity index (χ0v) is 18.8. The molecule has 0 saturated carbocycles. The van der Waals surface area contributed by atoms with Crippen LogP contribution in [-0.2, 0) is 11.3 Å². The highest BCUT2D eigenvalue weighted by atomic mass is 16.7. The van der Waals surface area contributed by atoms with Gasteiger partial charge in [-0.1, -0.05) is 24.3 Å². The maximum atomic E-state index is 13.6. The number of hydrogen-bond acceptors (Lipinski definition) is 7. The zero-order valence-electron chi connectivity index (χ0n) is 18.8. The molecule has 35 heavy (non-hydrogen) atoms. The van der Waals surface area contributed by atoms with Gasteiger partial charge < -0.3 is 15.1 Å². The van der Waals surface area contributed by atoms with Gasteiger partial charge in [-0.05, 0) is 41.9 Å². The standard InChI is InChI=1S/C25H21N5O5/c1-15(31)35-29-23-12-17-6-3-2-5-16(17)11-21(23)27-24(25(29)32)20-14-28(10-4-9-26)22-13-18(30(33)34)7-8-19(20)22/h2-3,5-8,11-14H,4,9-10,26H2,1H3. The van der Waals surface area contributed by atoms with E-state index < -0.39 is 16.5 Å². The molecule has 0 unspecified atom stereocenters. The number of aromatic nitrogens is 3. The van der Waals surface area contributed by atoms with Gasteiger partial charge in [-0.2, -0.15) is 0 Å². The Morgan fingerprint density at radius 1 is 1.11 bits per heavy atom. The van der Waals surface area contributed by atoms with Gasteiger partial charge in [0.15, 0.2) is 0 Å². The molecule has 2 N–H and O–H groups in total. The van der Waals surface area contributed by atoms with E-state index in [1.54, 1.807) is 18.3 Å². The second-order valence-corrected chi connectivity index (χ2v) is 8.17.